The molecule has 7 nitrogen and oxygen atoms in total. The fourth-order valence-electron chi connectivity index (χ4n) is 2.36. The van der Waals surface area contributed by atoms with Crippen LogP contribution in [-0.2, 0) is 0 Å². The number of nitrogens with zero attached hydrogens (tertiary/aromatic N) is 3. The van der Waals surface area contributed by atoms with Crippen LogP contribution in [0, 0.1) is 0 Å². The second-order valence-corrected chi connectivity index (χ2v) is 4.96. The molecule has 0 saturated heterocycles. The summed E-state index contributed by atoms with van der Waals surface area (Å²) < 4.78 is 1.44. The second kappa shape index (κ2) is 5.99. The van der Waals surface area contributed by atoms with E-state index in [1.54, 1.807) is 4.90 Å². The molecule has 0 radical (unpaired) electrons. The largest absolute Gasteiger partial charge is 0.502 e. The second-order valence-electron chi connectivity index (χ2n) is 4.96. The van der Waals surface area contributed by atoms with Gasteiger partial charge >= 0.3 is 0 Å². The lowest BCUT2D eigenvalue weighted by Gasteiger charge is -2.39. The molecule has 1 aromatic heterocycles. The third-order valence-electron chi connectivity index (χ3n) is 3.60. The molecule has 2 rings (SSSR count). The quantitative estimate of drug-likeness (QED) is 0.801. The summed E-state index contributed by atoms with van der Waals surface area (Å²) in [4.78, 5) is 36.7. The van der Waals surface area contributed by atoms with E-state index in [4.69, 9.17) is 0 Å². The van der Waals surface area contributed by atoms with Gasteiger partial charge in [0, 0.05) is 19.3 Å². The molecule has 0 bridgehead atoms. The van der Waals surface area contributed by atoms with Crippen LogP contribution >= 0.6 is 0 Å². The van der Waals surface area contributed by atoms with Gasteiger partial charge in [-0.15, -0.1) is 0 Å². The van der Waals surface area contributed by atoms with Gasteiger partial charge in [-0.05, 0) is 13.3 Å². The van der Waals surface area contributed by atoms with Crippen LogP contribution < -0.4 is 10.4 Å². The molecular formula is C14H19N3O4. The zero-order valence-corrected chi connectivity index (χ0v) is 12.2. The summed E-state index contributed by atoms with van der Waals surface area (Å²) in [5.74, 6) is -1.07. The summed E-state index contributed by atoms with van der Waals surface area (Å²) in [5.41, 5.74) is -1.04. The molecule has 1 aliphatic heterocycles. The molecule has 7 heteroatoms. The van der Waals surface area contributed by atoms with Crippen LogP contribution in [0.2, 0.25) is 0 Å². The number of unbranched alkanes of at least 4 members (excludes halogenated alkanes) is 1. The molecule has 21 heavy (non-hydrogen) atoms. The Balaban J connectivity index is 2.60. The van der Waals surface area contributed by atoms with E-state index in [1.165, 1.54) is 10.9 Å². The van der Waals surface area contributed by atoms with Crippen LogP contribution in [0.4, 0.5) is 0 Å². The molecule has 0 spiro atoms. The first-order chi connectivity index (χ1) is 10.0. The first kappa shape index (κ1) is 15.1. The van der Waals surface area contributed by atoms with Crippen LogP contribution in [0.15, 0.2) is 11.0 Å². The predicted octanol–water partition coefficient (Wildman–Crippen LogP) is 0.538. The van der Waals surface area contributed by atoms with Crippen LogP contribution in [0.1, 0.15) is 47.5 Å². The molecule has 0 unspecified atom stereocenters. The van der Waals surface area contributed by atoms with Gasteiger partial charge < -0.3 is 10.0 Å². The molecule has 1 aromatic rings. The number of carbonyl (C=O) groups is 2. The Morgan fingerprint density at radius 1 is 1.33 bits per heavy atom. The summed E-state index contributed by atoms with van der Waals surface area (Å²) in [6.45, 7) is 5.38. The van der Waals surface area contributed by atoms with Crippen molar-refractivity contribution in [2.45, 2.75) is 26.7 Å². The minimum Gasteiger partial charge on any atom is -0.502 e. The van der Waals surface area contributed by atoms with Gasteiger partial charge in [0.2, 0.25) is 5.43 Å². The average molecular weight is 293 g/mol. The van der Waals surface area contributed by atoms with Crippen LogP contribution in [0.5, 0.6) is 5.75 Å². The Morgan fingerprint density at radius 3 is 2.62 bits per heavy atom. The highest BCUT2D eigenvalue weighted by molar-refractivity contribution is 5.96. The van der Waals surface area contributed by atoms with Crippen LogP contribution in [-0.4, -0.2) is 46.6 Å². The van der Waals surface area contributed by atoms with E-state index < -0.39 is 17.1 Å². The molecule has 114 valence electrons. The zero-order valence-electron chi connectivity index (χ0n) is 12.2. The number of pyridine rings is 1. The summed E-state index contributed by atoms with van der Waals surface area (Å²) in [7, 11) is 0. The number of carbonyl (C=O) groups excluding carboxylic acids is 2. The normalized spacial score (nSPS) is 14.3. The van der Waals surface area contributed by atoms with Gasteiger partial charge in [0.1, 0.15) is 6.67 Å². The molecule has 0 fully saturated rings. The molecule has 0 aromatic carbocycles. The zero-order chi connectivity index (χ0) is 15.6. The van der Waals surface area contributed by atoms with Gasteiger partial charge in [0.25, 0.3) is 5.91 Å². The predicted molar refractivity (Wildman–Crippen MR) is 77.3 cm³/mol. The van der Waals surface area contributed by atoms with Gasteiger partial charge in [-0.1, -0.05) is 13.3 Å². The van der Waals surface area contributed by atoms with Crippen LogP contribution in [0.3, 0.4) is 0 Å². The van der Waals surface area contributed by atoms with Gasteiger partial charge in [-0.3, -0.25) is 24.1 Å². The number of aldehydes is 1. The summed E-state index contributed by atoms with van der Waals surface area (Å²) in [6, 6.07) is 0. The summed E-state index contributed by atoms with van der Waals surface area (Å²) in [5, 5.41) is 11.9. The van der Waals surface area contributed by atoms with Crippen molar-refractivity contribution in [2.24, 2.45) is 0 Å². The molecule has 0 aliphatic carbocycles. The fourth-order valence-corrected chi connectivity index (χ4v) is 2.36. The van der Waals surface area contributed by atoms with Crippen molar-refractivity contribution in [3.8, 4) is 5.75 Å². The Morgan fingerprint density at radius 2 is 2.05 bits per heavy atom. The van der Waals surface area contributed by atoms with E-state index in [-0.39, 0.29) is 11.3 Å². The van der Waals surface area contributed by atoms with E-state index >= 15 is 0 Å². The number of aromatic nitrogens is 1. The monoisotopic (exact) mass is 293 g/mol. The lowest BCUT2D eigenvalue weighted by molar-refractivity contribution is 0.0696. The summed E-state index contributed by atoms with van der Waals surface area (Å²) in [6.07, 6.45) is 3.59. The fraction of sp³-hybridized carbons (Fsp3) is 0.500. The van der Waals surface area contributed by atoms with Crippen molar-refractivity contribution in [3.05, 3.63) is 27.7 Å². The highest BCUT2D eigenvalue weighted by Gasteiger charge is 2.32. The Labute approximate surface area is 122 Å². The van der Waals surface area contributed by atoms with Crippen molar-refractivity contribution in [1.82, 2.24) is 9.58 Å². The lowest BCUT2D eigenvalue weighted by Crippen LogP contribution is -2.54. The third kappa shape index (κ3) is 2.51. The molecule has 0 atom stereocenters. The topological polar surface area (TPSA) is 82.8 Å². The van der Waals surface area contributed by atoms with E-state index in [9.17, 15) is 19.5 Å². The van der Waals surface area contributed by atoms with Crippen molar-refractivity contribution in [2.75, 3.05) is 24.8 Å². The third-order valence-corrected chi connectivity index (χ3v) is 3.60. The minimum atomic E-state index is -0.807. The average Bonchev–Trinajstić information content (AvgIpc) is 2.49. The molecule has 1 amide bonds. The van der Waals surface area contributed by atoms with E-state index in [0.29, 0.717) is 26.0 Å². The maximum absolute atomic E-state index is 12.3. The highest BCUT2D eigenvalue weighted by atomic mass is 16.3. The SMILES string of the molecule is CCCCN1CN(CC)C(=O)c2c(O)c(=O)c(C=O)cn21. The van der Waals surface area contributed by atoms with Crippen molar-refractivity contribution < 1.29 is 14.7 Å². The Hall–Kier alpha value is -2.31. The van der Waals surface area contributed by atoms with Gasteiger partial charge in [0.05, 0.1) is 5.56 Å². The molecular weight excluding hydrogens is 274 g/mol. The maximum atomic E-state index is 12.3. The Bertz CT molecular complexity index is 623. The lowest BCUT2D eigenvalue weighted by atomic mass is 10.2. The van der Waals surface area contributed by atoms with Gasteiger partial charge in [-0.2, -0.15) is 0 Å². The summed E-state index contributed by atoms with van der Waals surface area (Å²) >= 11 is 0. The van der Waals surface area contributed by atoms with Crippen molar-refractivity contribution in [3.63, 3.8) is 0 Å². The first-order valence-electron chi connectivity index (χ1n) is 7.03. The van der Waals surface area contributed by atoms with E-state index in [1.807, 2.05) is 18.9 Å². The molecule has 0 saturated carbocycles. The van der Waals surface area contributed by atoms with E-state index in [0.717, 1.165) is 12.8 Å². The van der Waals surface area contributed by atoms with Crippen molar-refractivity contribution in [1.29, 1.82) is 0 Å². The number of hydrogen-bond acceptors (Lipinski definition) is 5. The van der Waals surface area contributed by atoms with Gasteiger partial charge in [-0.25, -0.2) is 0 Å². The number of aromatic hydroxyl groups is 1. The van der Waals surface area contributed by atoms with E-state index in [2.05, 4.69) is 0 Å². The Kier molecular flexibility index (Phi) is 4.30. The minimum absolute atomic E-state index is 0.0743. The standard InChI is InChI=1S/C14H19N3O4/c1-3-5-6-16-9-15(4-2)14(21)11-13(20)12(19)10(8-18)7-17(11)16/h7-8,20H,3-6,9H2,1-2H3. The first-order valence-corrected chi connectivity index (χ1v) is 7.03. The highest BCUT2D eigenvalue weighted by Crippen LogP contribution is 2.20. The maximum Gasteiger partial charge on any atom is 0.277 e. The smallest absolute Gasteiger partial charge is 0.277 e. The van der Waals surface area contributed by atoms with Crippen LogP contribution in [0.25, 0.3) is 0 Å². The van der Waals surface area contributed by atoms with Crippen molar-refractivity contribution >= 4 is 12.2 Å². The molecule has 1 N–H and O–H groups in total. The molecule has 1 aliphatic rings. The van der Waals surface area contributed by atoms with Gasteiger partial charge in [0.15, 0.2) is 17.7 Å². The number of hydrogen-bond donors (Lipinski definition) is 1. The number of amides is 1. The molecule has 2 heterocycles. The number of fused-ring (bicyclic) bond motifs is 1. The number of rotatable bonds is 5.